The van der Waals surface area contributed by atoms with Gasteiger partial charge in [-0.25, -0.2) is 8.42 Å². The molecule has 1 saturated heterocycles. The molecule has 0 spiro atoms. The van der Waals surface area contributed by atoms with Crippen LogP contribution in [-0.2, 0) is 14.6 Å². The Morgan fingerprint density at radius 2 is 1.75 bits per heavy atom. The zero-order valence-corrected chi connectivity index (χ0v) is 18.8. The SMILES string of the molecule is CC1=C2[C@@H](CC/C(=C/c3ccc(O)c4ccccc34)c3ccccc3)OC[C@@H]2S(=O)(=O)C1. The van der Waals surface area contributed by atoms with E-state index in [1.807, 2.05) is 55.5 Å². The average Bonchev–Trinajstić information content (AvgIpc) is 3.33. The summed E-state index contributed by atoms with van der Waals surface area (Å²) >= 11 is 0. The summed E-state index contributed by atoms with van der Waals surface area (Å²) in [5.41, 5.74) is 5.26. The third-order valence-corrected chi connectivity index (χ3v) is 8.66. The molecule has 0 saturated carbocycles. The number of phenolic OH excluding ortho intramolecular Hbond substituents is 1. The van der Waals surface area contributed by atoms with E-state index in [0.717, 1.165) is 51.5 Å². The molecule has 0 radical (unpaired) electrons. The Hall–Kier alpha value is -2.89. The summed E-state index contributed by atoms with van der Waals surface area (Å²) < 4.78 is 30.7. The molecule has 1 N–H and O–H groups in total. The first kappa shape index (κ1) is 21.0. The van der Waals surface area contributed by atoms with Crippen LogP contribution in [0.4, 0.5) is 0 Å². The first-order valence-corrected chi connectivity index (χ1v) is 12.6. The van der Waals surface area contributed by atoms with Gasteiger partial charge in [0.2, 0.25) is 0 Å². The number of fused-ring (bicyclic) bond motifs is 2. The van der Waals surface area contributed by atoms with E-state index in [2.05, 4.69) is 18.2 Å². The number of hydrogen-bond donors (Lipinski definition) is 1. The van der Waals surface area contributed by atoms with Crippen LogP contribution in [0.15, 0.2) is 77.9 Å². The predicted molar refractivity (Wildman–Crippen MR) is 129 cm³/mol. The lowest BCUT2D eigenvalue weighted by molar-refractivity contribution is 0.118. The Kier molecular flexibility index (Phi) is 5.39. The fraction of sp³-hybridized carbons (Fsp3) is 0.259. The van der Waals surface area contributed by atoms with E-state index in [4.69, 9.17) is 4.74 Å². The van der Waals surface area contributed by atoms with Gasteiger partial charge in [-0.05, 0) is 53.5 Å². The monoisotopic (exact) mass is 446 g/mol. The average molecular weight is 447 g/mol. The van der Waals surface area contributed by atoms with Crippen LogP contribution < -0.4 is 0 Å². The van der Waals surface area contributed by atoms with Crippen molar-refractivity contribution in [3.05, 3.63) is 89.0 Å². The van der Waals surface area contributed by atoms with Crippen LogP contribution in [0.3, 0.4) is 0 Å². The van der Waals surface area contributed by atoms with Crippen LogP contribution in [0, 0.1) is 0 Å². The molecule has 1 fully saturated rings. The largest absolute Gasteiger partial charge is 0.507 e. The van der Waals surface area contributed by atoms with Crippen LogP contribution in [0.5, 0.6) is 5.75 Å². The normalized spacial score (nSPS) is 22.5. The van der Waals surface area contributed by atoms with Crippen LogP contribution >= 0.6 is 0 Å². The smallest absolute Gasteiger partial charge is 0.163 e. The second kappa shape index (κ2) is 8.23. The topological polar surface area (TPSA) is 63.6 Å². The highest BCUT2D eigenvalue weighted by molar-refractivity contribution is 7.92. The first-order chi connectivity index (χ1) is 15.4. The van der Waals surface area contributed by atoms with Gasteiger partial charge >= 0.3 is 0 Å². The quantitative estimate of drug-likeness (QED) is 0.422. The number of hydrogen-bond acceptors (Lipinski definition) is 4. The molecule has 0 bridgehead atoms. The van der Waals surface area contributed by atoms with Gasteiger partial charge in [-0.3, -0.25) is 0 Å². The lowest BCUT2D eigenvalue weighted by Gasteiger charge is -2.15. The standard InChI is InChI=1S/C27H26O4S/c1-18-17-32(29,30)26-16-31-25(27(18)26)14-12-20(19-7-3-2-4-8-19)15-21-11-13-24(28)23-10-6-5-9-22(21)23/h2-11,13,15,25-26,28H,12,14,16-17H2,1H3/b20-15-/t25-,26+/m1/s1. The second-order valence-electron chi connectivity index (χ2n) is 8.65. The van der Waals surface area contributed by atoms with E-state index in [-0.39, 0.29) is 24.2 Å². The minimum atomic E-state index is -3.11. The predicted octanol–water partition coefficient (Wildman–Crippen LogP) is 5.38. The number of rotatable bonds is 5. The summed E-state index contributed by atoms with van der Waals surface area (Å²) in [5, 5.41) is 11.6. The zero-order valence-electron chi connectivity index (χ0n) is 18.0. The molecule has 0 aliphatic carbocycles. The zero-order chi connectivity index (χ0) is 22.3. The van der Waals surface area contributed by atoms with E-state index in [1.54, 1.807) is 6.07 Å². The van der Waals surface area contributed by atoms with Crippen molar-refractivity contribution >= 4 is 32.3 Å². The minimum Gasteiger partial charge on any atom is -0.507 e. The van der Waals surface area contributed by atoms with E-state index in [9.17, 15) is 13.5 Å². The van der Waals surface area contributed by atoms with E-state index < -0.39 is 15.1 Å². The molecule has 0 aromatic heterocycles. The molecule has 2 heterocycles. The number of sulfone groups is 1. The van der Waals surface area contributed by atoms with E-state index >= 15 is 0 Å². The van der Waals surface area contributed by atoms with Crippen molar-refractivity contribution in [3.63, 3.8) is 0 Å². The summed E-state index contributed by atoms with van der Waals surface area (Å²) in [6.07, 6.45) is 3.51. The van der Waals surface area contributed by atoms with Crippen molar-refractivity contribution < 1.29 is 18.3 Å². The summed E-state index contributed by atoms with van der Waals surface area (Å²) in [6.45, 7) is 2.19. The molecule has 2 atom stereocenters. The number of aromatic hydroxyl groups is 1. The Morgan fingerprint density at radius 3 is 2.53 bits per heavy atom. The van der Waals surface area contributed by atoms with Crippen LogP contribution in [0.1, 0.15) is 30.9 Å². The molecule has 2 aliphatic rings. The van der Waals surface area contributed by atoms with Gasteiger partial charge in [-0.1, -0.05) is 72.3 Å². The molecule has 0 unspecified atom stereocenters. The summed E-state index contributed by atoms with van der Waals surface area (Å²) in [5.74, 6) is 0.433. The lowest BCUT2D eigenvalue weighted by Crippen LogP contribution is -2.19. The number of phenols is 1. The van der Waals surface area contributed by atoms with Gasteiger partial charge in [-0.2, -0.15) is 0 Å². The van der Waals surface area contributed by atoms with Crippen LogP contribution in [-0.4, -0.2) is 37.2 Å². The first-order valence-electron chi connectivity index (χ1n) is 10.9. The summed E-state index contributed by atoms with van der Waals surface area (Å²) in [7, 11) is -3.11. The molecule has 3 aromatic carbocycles. The van der Waals surface area contributed by atoms with Gasteiger partial charge in [0.15, 0.2) is 9.84 Å². The maximum Gasteiger partial charge on any atom is 0.163 e. The Labute approximate surface area is 188 Å². The molecule has 164 valence electrons. The molecular weight excluding hydrogens is 420 g/mol. The maximum absolute atomic E-state index is 12.4. The Morgan fingerprint density at radius 1 is 1.03 bits per heavy atom. The van der Waals surface area contributed by atoms with E-state index in [1.165, 1.54) is 0 Å². The van der Waals surface area contributed by atoms with Gasteiger partial charge < -0.3 is 9.84 Å². The van der Waals surface area contributed by atoms with Crippen LogP contribution in [0.2, 0.25) is 0 Å². The molecule has 4 nitrogen and oxygen atoms in total. The van der Waals surface area contributed by atoms with Gasteiger partial charge in [0, 0.05) is 5.39 Å². The summed E-state index contributed by atoms with van der Waals surface area (Å²) in [6, 6.07) is 21.8. The van der Waals surface area contributed by atoms with Crippen molar-refractivity contribution in [3.8, 4) is 5.75 Å². The highest BCUT2D eigenvalue weighted by Gasteiger charge is 2.45. The highest BCUT2D eigenvalue weighted by atomic mass is 32.2. The van der Waals surface area contributed by atoms with Crippen LogP contribution in [0.25, 0.3) is 22.4 Å². The van der Waals surface area contributed by atoms with Gasteiger partial charge in [0.05, 0.1) is 18.5 Å². The van der Waals surface area contributed by atoms with Crippen molar-refractivity contribution in [2.24, 2.45) is 0 Å². The molecule has 0 amide bonds. The van der Waals surface area contributed by atoms with Gasteiger partial charge in [0.25, 0.3) is 0 Å². The fourth-order valence-electron chi connectivity index (χ4n) is 5.02. The lowest BCUT2D eigenvalue weighted by atomic mass is 9.92. The van der Waals surface area contributed by atoms with Gasteiger partial charge in [-0.15, -0.1) is 0 Å². The molecule has 32 heavy (non-hydrogen) atoms. The summed E-state index contributed by atoms with van der Waals surface area (Å²) in [4.78, 5) is 0. The third-order valence-electron chi connectivity index (χ3n) is 6.57. The molecule has 2 aliphatic heterocycles. The third kappa shape index (κ3) is 3.76. The van der Waals surface area contributed by atoms with Crippen molar-refractivity contribution in [1.29, 1.82) is 0 Å². The van der Waals surface area contributed by atoms with Gasteiger partial charge in [0.1, 0.15) is 11.0 Å². The van der Waals surface area contributed by atoms with Crippen molar-refractivity contribution in [1.82, 2.24) is 0 Å². The second-order valence-corrected chi connectivity index (χ2v) is 10.8. The molecule has 5 heteroatoms. The molecule has 5 rings (SSSR count). The Bertz CT molecular complexity index is 1340. The highest BCUT2D eigenvalue weighted by Crippen LogP contribution is 2.39. The number of benzene rings is 3. The van der Waals surface area contributed by atoms with E-state index in [0.29, 0.717) is 0 Å². The number of ether oxygens (including phenoxy) is 1. The van der Waals surface area contributed by atoms with Crippen molar-refractivity contribution in [2.45, 2.75) is 31.1 Å². The number of allylic oxidation sites excluding steroid dienone is 1. The molecule has 3 aromatic rings. The maximum atomic E-state index is 12.4. The van der Waals surface area contributed by atoms with Crippen molar-refractivity contribution in [2.75, 3.05) is 12.4 Å². The Balaban J connectivity index is 1.49. The molecular formula is C27H26O4S. The minimum absolute atomic E-state index is 0.152. The fourth-order valence-corrected chi connectivity index (χ4v) is 7.02.